The quantitative estimate of drug-likeness (QED) is 0.368. The molecule has 0 saturated heterocycles. The number of nitrogens with zero attached hydrogens (tertiary/aromatic N) is 2. The third-order valence-electron chi connectivity index (χ3n) is 5.44. The molecule has 0 spiro atoms. The number of hydrogen-bond donors (Lipinski definition) is 2. The van der Waals surface area contributed by atoms with Crippen LogP contribution < -0.4 is 10.1 Å². The Kier molecular flexibility index (Phi) is 6.66. The van der Waals surface area contributed by atoms with Crippen molar-refractivity contribution in [3.63, 3.8) is 0 Å². The second-order valence-corrected chi connectivity index (χ2v) is 7.99. The average molecular weight is 449 g/mol. The lowest BCUT2D eigenvalue weighted by Crippen LogP contribution is -2.36. The number of benzene rings is 2. The first kappa shape index (κ1) is 21.8. The van der Waals surface area contributed by atoms with Gasteiger partial charge in [0.1, 0.15) is 11.6 Å². The summed E-state index contributed by atoms with van der Waals surface area (Å²) < 4.78 is 19.2. The first-order chi connectivity index (χ1) is 15.5. The molecule has 5 nitrogen and oxygen atoms in total. The molecule has 164 valence electrons. The van der Waals surface area contributed by atoms with Crippen molar-refractivity contribution in [1.82, 2.24) is 14.9 Å². The summed E-state index contributed by atoms with van der Waals surface area (Å²) in [5.74, 6) is 0.525. The summed E-state index contributed by atoms with van der Waals surface area (Å²) in [5.41, 5.74) is 5.05. The van der Waals surface area contributed by atoms with E-state index in [9.17, 15) is 4.39 Å². The summed E-state index contributed by atoms with van der Waals surface area (Å²) >= 11 is 5.77. The van der Waals surface area contributed by atoms with Crippen LogP contribution in [0.15, 0.2) is 67.0 Å². The number of nitrogens with one attached hydrogen (secondary N) is 2. The Hall–Kier alpha value is -3.45. The minimum absolute atomic E-state index is 0.235. The molecule has 0 bridgehead atoms. The maximum absolute atomic E-state index is 13.9. The standard InChI is InChI=1S/C25H25FN4OS/c1-17-22(23-14-19(26)6-7-24(23)28-17)10-13-30(16-18-8-11-27-12-9-18)25(32)29-20-4-3-5-21(15-20)31-2/h3-9,11-12,14-15,28H,10,13,16H2,1-2H3,(H,29,32). The number of anilines is 1. The SMILES string of the molecule is COc1cccc(NC(=S)N(CCc2c(C)[nH]c3ccc(F)cc23)Cc2ccncc2)c1. The van der Waals surface area contributed by atoms with Crippen LogP contribution in [0, 0.1) is 12.7 Å². The van der Waals surface area contributed by atoms with E-state index in [1.807, 2.05) is 43.3 Å². The molecule has 0 atom stereocenters. The second kappa shape index (κ2) is 9.78. The van der Waals surface area contributed by atoms with Crippen LogP contribution in [0.1, 0.15) is 16.8 Å². The molecule has 4 aromatic rings. The zero-order valence-corrected chi connectivity index (χ0v) is 18.9. The molecular formula is C25H25FN4OS. The minimum Gasteiger partial charge on any atom is -0.497 e. The number of halogens is 1. The molecule has 0 unspecified atom stereocenters. The van der Waals surface area contributed by atoms with Gasteiger partial charge in [-0.1, -0.05) is 6.07 Å². The zero-order chi connectivity index (χ0) is 22.5. The summed E-state index contributed by atoms with van der Waals surface area (Å²) in [5, 5.41) is 4.85. The lowest BCUT2D eigenvalue weighted by molar-refractivity contribution is 0.414. The van der Waals surface area contributed by atoms with Crippen LogP contribution in [0.2, 0.25) is 0 Å². The van der Waals surface area contributed by atoms with Gasteiger partial charge >= 0.3 is 0 Å². The Morgan fingerprint density at radius 1 is 1.16 bits per heavy atom. The van der Waals surface area contributed by atoms with Crippen molar-refractivity contribution in [3.05, 3.63) is 89.6 Å². The predicted molar refractivity (Wildman–Crippen MR) is 131 cm³/mol. The highest BCUT2D eigenvalue weighted by atomic mass is 32.1. The number of aromatic nitrogens is 2. The van der Waals surface area contributed by atoms with Gasteiger partial charge in [-0.15, -0.1) is 0 Å². The Morgan fingerprint density at radius 2 is 1.97 bits per heavy atom. The summed E-state index contributed by atoms with van der Waals surface area (Å²) in [6.07, 6.45) is 4.28. The number of aryl methyl sites for hydroxylation is 1. The number of pyridine rings is 1. The zero-order valence-electron chi connectivity index (χ0n) is 18.1. The van der Waals surface area contributed by atoms with E-state index in [0.29, 0.717) is 18.2 Å². The van der Waals surface area contributed by atoms with Gasteiger partial charge in [0.2, 0.25) is 0 Å². The Morgan fingerprint density at radius 3 is 2.75 bits per heavy atom. The van der Waals surface area contributed by atoms with Crippen molar-refractivity contribution in [2.75, 3.05) is 19.0 Å². The van der Waals surface area contributed by atoms with Crippen LogP contribution in [0.5, 0.6) is 5.75 Å². The number of H-pyrrole nitrogens is 1. The van der Waals surface area contributed by atoms with Crippen molar-refractivity contribution in [2.45, 2.75) is 19.9 Å². The van der Waals surface area contributed by atoms with Crippen LogP contribution in [0.25, 0.3) is 10.9 Å². The lowest BCUT2D eigenvalue weighted by Gasteiger charge is -2.26. The Labute approximate surface area is 192 Å². The van der Waals surface area contributed by atoms with Crippen molar-refractivity contribution in [1.29, 1.82) is 0 Å². The van der Waals surface area contributed by atoms with Crippen LogP contribution in [-0.2, 0) is 13.0 Å². The first-order valence-corrected chi connectivity index (χ1v) is 10.8. The van der Waals surface area contributed by atoms with E-state index in [-0.39, 0.29) is 5.82 Å². The number of ether oxygens (including phenoxy) is 1. The number of hydrogen-bond acceptors (Lipinski definition) is 3. The highest BCUT2D eigenvalue weighted by Crippen LogP contribution is 2.24. The molecule has 2 heterocycles. The summed E-state index contributed by atoms with van der Waals surface area (Å²) in [6, 6.07) is 16.5. The van der Waals surface area contributed by atoms with E-state index in [4.69, 9.17) is 17.0 Å². The van der Waals surface area contributed by atoms with Gasteiger partial charge in [-0.2, -0.15) is 0 Å². The molecule has 2 aromatic carbocycles. The van der Waals surface area contributed by atoms with E-state index in [1.54, 1.807) is 31.6 Å². The molecule has 0 aliphatic rings. The molecule has 0 fully saturated rings. The molecular weight excluding hydrogens is 423 g/mol. The average Bonchev–Trinajstić information content (AvgIpc) is 3.11. The molecule has 32 heavy (non-hydrogen) atoms. The van der Waals surface area contributed by atoms with Gasteiger partial charge in [-0.05, 0) is 79.2 Å². The Bertz CT molecular complexity index is 1230. The maximum atomic E-state index is 13.9. The molecule has 0 saturated carbocycles. The highest BCUT2D eigenvalue weighted by molar-refractivity contribution is 7.80. The van der Waals surface area contributed by atoms with Gasteiger partial charge in [0.25, 0.3) is 0 Å². The van der Waals surface area contributed by atoms with E-state index >= 15 is 0 Å². The van der Waals surface area contributed by atoms with E-state index in [1.165, 1.54) is 6.07 Å². The van der Waals surface area contributed by atoms with E-state index in [0.717, 1.165) is 45.6 Å². The minimum atomic E-state index is -0.235. The van der Waals surface area contributed by atoms with Crippen molar-refractivity contribution < 1.29 is 9.13 Å². The molecule has 0 radical (unpaired) electrons. The monoisotopic (exact) mass is 448 g/mol. The number of fused-ring (bicyclic) bond motifs is 1. The van der Waals surface area contributed by atoms with Crippen molar-refractivity contribution >= 4 is 33.9 Å². The van der Waals surface area contributed by atoms with Gasteiger partial charge in [-0.25, -0.2) is 4.39 Å². The maximum Gasteiger partial charge on any atom is 0.173 e. The summed E-state index contributed by atoms with van der Waals surface area (Å²) in [6.45, 7) is 3.32. The predicted octanol–water partition coefficient (Wildman–Crippen LogP) is 5.46. The van der Waals surface area contributed by atoms with E-state index < -0.39 is 0 Å². The molecule has 4 rings (SSSR count). The highest BCUT2D eigenvalue weighted by Gasteiger charge is 2.15. The number of aromatic amines is 1. The normalized spacial score (nSPS) is 10.8. The fourth-order valence-corrected chi connectivity index (χ4v) is 4.06. The third kappa shape index (κ3) is 5.06. The smallest absolute Gasteiger partial charge is 0.173 e. The fraction of sp³-hybridized carbons (Fsp3) is 0.200. The molecule has 2 N–H and O–H groups in total. The lowest BCUT2D eigenvalue weighted by atomic mass is 10.1. The molecule has 2 aromatic heterocycles. The van der Waals surface area contributed by atoms with Crippen LogP contribution in [-0.4, -0.2) is 33.6 Å². The molecule has 0 aliphatic heterocycles. The topological polar surface area (TPSA) is 53.2 Å². The van der Waals surface area contributed by atoms with Crippen LogP contribution in [0.3, 0.4) is 0 Å². The molecule has 0 amide bonds. The van der Waals surface area contributed by atoms with Crippen LogP contribution in [0.4, 0.5) is 10.1 Å². The number of methoxy groups -OCH3 is 1. The van der Waals surface area contributed by atoms with Gasteiger partial charge in [-0.3, -0.25) is 4.98 Å². The Balaban J connectivity index is 1.56. The molecule has 7 heteroatoms. The van der Waals surface area contributed by atoms with E-state index in [2.05, 4.69) is 20.2 Å². The first-order valence-electron chi connectivity index (χ1n) is 10.4. The third-order valence-corrected chi connectivity index (χ3v) is 5.80. The van der Waals surface area contributed by atoms with Gasteiger partial charge in [0.05, 0.1) is 7.11 Å². The second-order valence-electron chi connectivity index (χ2n) is 7.61. The van der Waals surface area contributed by atoms with Crippen molar-refractivity contribution in [3.8, 4) is 5.75 Å². The number of rotatable bonds is 7. The van der Waals surface area contributed by atoms with Gasteiger partial charge in [0, 0.05) is 53.8 Å². The van der Waals surface area contributed by atoms with Gasteiger partial charge in [0.15, 0.2) is 5.11 Å². The summed E-state index contributed by atoms with van der Waals surface area (Å²) in [7, 11) is 1.64. The number of thiocarbonyl (C=S) groups is 1. The largest absolute Gasteiger partial charge is 0.497 e. The summed E-state index contributed by atoms with van der Waals surface area (Å²) in [4.78, 5) is 9.57. The van der Waals surface area contributed by atoms with Crippen LogP contribution >= 0.6 is 12.2 Å². The molecule has 0 aliphatic carbocycles. The van der Waals surface area contributed by atoms with Gasteiger partial charge < -0.3 is 19.9 Å². The van der Waals surface area contributed by atoms with Crippen molar-refractivity contribution in [2.24, 2.45) is 0 Å². The fourth-order valence-electron chi connectivity index (χ4n) is 3.79.